The first-order valence-corrected chi connectivity index (χ1v) is 5.12. The number of fused-ring (bicyclic) bond motifs is 3. The number of hydrogen-bond donors (Lipinski definition) is 0. The van der Waals surface area contributed by atoms with Crippen LogP contribution in [0.2, 0.25) is 0 Å². The van der Waals surface area contributed by atoms with Gasteiger partial charge in [0, 0.05) is 16.8 Å². The zero-order valence-electron chi connectivity index (χ0n) is 9.02. The molecular formula is C14H12BrN. The molecule has 0 fully saturated rings. The first kappa shape index (κ1) is 11.1. The third-order valence-corrected chi connectivity index (χ3v) is 2.87. The summed E-state index contributed by atoms with van der Waals surface area (Å²) in [7, 11) is 2.09. The minimum atomic E-state index is 0. The fraction of sp³-hybridized carbons (Fsp3) is 0.0714. The summed E-state index contributed by atoms with van der Waals surface area (Å²) >= 11 is 0. The topological polar surface area (TPSA) is 3.88 Å². The second kappa shape index (κ2) is 4.22. The van der Waals surface area contributed by atoms with Crippen molar-refractivity contribution in [1.82, 2.24) is 0 Å². The van der Waals surface area contributed by atoms with Gasteiger partial charge >= 0.3 is 0 Å². The molecule has 0 amide bonds. The Labute approximate surface area is 105 Å². The summed E-state index contributed by atoms with van der Waals surface area (Å²) in [5.41, 5.74) is 1.27. The van der Waals surface area contributed by atoms with Crippen molar-refractivity contribution >= 4 is 21.7 Å². The van der Waals surface area contributed by atoms with E-state index in [1.54, 1.807) is 0 Å². The van der Waals surface area contributed by atoms with Gasteiger partial charge in [0.1, 0.15) is 7.05 Å². The van der Waals surface area contributed by atoms with E-state index in [0.29, 0.717) is 0 Å². The van der Waals surface area contributed by atoms with Crippen LogP contribution in [-0.4, -0.2) is 0 Å². The summed E-state index contributed by atoms with van der Waals surface area (Å²) in [6.45, 7) is 0. The first-order chi connectivity index (χ1) is 7.36. The fourth-order valence-corrected chi connectivity index (χ4v) is 2.14. The standard InChI is InChI=1S/C14H12N.BrH/c1-15-10-11-6-2-3-7-12(11)13-8-4-5-9-14(13)15;/h2-10H,1H3;1H/q+1;/p-1. The summed E-state index contributed by atoms with van der Waals surface area (Å²) < 4.78 is 2.18. The van der Waals surface area contributed by atoms with Crippen molar-refractivity contribution < 1.29 is 21.5 Å². The first-order valence-electron chi connectivity index (χ1n) is 5.12. The van der Waals surface area contributed by atoms with Crippen molar-refractivity contribution in [2.45, 2.75) is 0 Å². The lowest BCUT2D eigenvalue weighted by Crippen LogP contribution is -3.00. The maximum atomic E-state index is 2.18. The van der Waals surface area contributed by atoms with Gasteiger partial charge in [-0.3, -0.25) is 0 Å². The minimum absolute atomic E-state index is 0. The third-order valence-electron chi connectivity index (χ3n) is 2.87. The van der Waals surface area contributed by atoms with Gasteiger partial charge in [0.2, 0.25) is 5.52 Å². The summed E-state index contributed by atoms with van der Waals surface area (Å²) in [6, 6.07) is 17.0. The lowest BCUT2D eigenvalue weighted by Gasteiger charge is -2.01. The molecule has 1 aromatic heterocycles. The van der Waals surface area contributed by atoms with Crippen LogP contribution in [-0.2, 0) is 7.05 Å². The molecule has 0 bridgehead atoms. The van der Waals surface area contributed by atoms with Gasteiger partial charge in [0.15, 0.2) is 6.20 Å². The van der Waals surface area contributed by atoms with Gasteiger partial charge in [0.25, 0.3) is 0 Å². The Kier molecular flexibility index (Phi) is 2.92. The predicted octanol–water partition coefficient (Wildman–Crippen LogP) is -0.179. The molecule has 0 aliphatic rings. The van der Waals surface area contributed by atoms with Crippen LogP contribution in [0.1, 0.15) is 0 Å². The molecule has 0 spiro atoms. The van der Waals surface area contributed by atoms with Crippen molar-refractivity contribution in [2.24, 2.45) is 7.05 Å². The molecule has 2 heteroatoms. The lowest BCUT2D eigenvalue weighted by atomic mass is 10.1. The number of para-hydroxylation sites is 1. The zero-order valence-corrected chi connectivity index (χ0v) is 10.6. The summed E-state index contributed by atoms with van der Waals surface area (Å²) in [5, 5.41) is 3.93. The average molecular weight is 274 g/mol. The van der Waals surface area contributed by atoms with Crippen LogP contribution in [0.25, 0.3) is 21.7 Å². The van der Waals surface area contributed by atoms with Crippen LogP contribution < -0.4 is 21.5 Å². The van der Waals surface area contributed by atoms with E-state index in [-0.39, 0.29) is 17.0 Å². The molecule has 3 aromatic rings. The van der Waals surface area contributed by atoms with Gasteiger partial charge in [-0.1, -0.05) is 30.3 Å². The van der Waals surface area contributed by atoms with Gasteiger partial charge in [-0.05, 0) is 12.1 Å². The quantitative estimate of drug-likeness (QED) is 0.395. The van der Waals surface area contributed by atoms with Crippen LogP contribution in [0, 0.1) is 0 Å². The molecule has 16 heavy (non-hydrogen) atoms. The maximum Gasteiger partial charge on any atom is 0.212 e. The normalized spacial score (nSPS) is 10.3. The Morgan fingerprint density at radius 3 is 2.25 bits per heavy atom. The van der Waals surface area contributed by atoms with Crippen LogP contribution in [0.15, 0.2) is 54.7 Å². The Morgan fingerprint density at radius 1 is 0.812 bits per heavy atom. The van der Waals surface area contributed by atoms with Crippen molar-refractivity contribution in [3.05, 3.63) is 54.7 Å². The van der Waals surface area contributed by atoms with E-state index in [1.807, 2.05) is 0 Å². The molecule has 0 radical (unpaired) electrons. The lowest BCUT2D eigenvalue weighted by molar-refractivity contribution is -0.643. The summed E-state index contributed by atoms with van der Waals surface area (Å²) in [4.78, 5) is 0. The van der Waals surface area contributed by atoms with Gasteiger partial charge in [0.05, 0.1) is 5.39 Å². The molecule has 0 saturated heterocycles. The molecule has 2 aromatic carbocycles. The SMILES string of the molecule is C[n+]1cc2ccccc2c2ccccc21.[Br-]. The second-order valence-corrected chi connectivity index (χ2v) is 3.84. The molecular weight excluding hydrogens is 262 g/mol. The number of pyridine rings is 1. The van der Waals surface area contributed by atoms with E-state index < -0.39 is 0 Å². The van der Waals surface area contributed by atoms with E-state index in [1.165, 1.54) is 21.7 Å². The highest BCUT2D eigenvalue weighted by Gasteiger charge is 2.07. The molecule has 0 atom stereocenters. The van der Waals surface area contributed by atoms with Crippen LogP contribution in [0.3, 0.4) is 0 Å². The highest BCUT2D eigenvalue weighted by atomic mass is 79.9. The molecule has 3 rings (SSSR count). The largest absolute Gasteiger partial charge is 1.00 e. The molecule has 1 heterocycles. The Balaban J connectivity index is 0.000000963. The van der Waals surface area contributed by atoms with Crippen LogP contribution in [0.4, 0.5) is 0 Å². The molecule has 1 nitrogen and oxygen atoms in total. The third kappa shape index (κ3) is 1.59. The monoisotopic (exact) mass is 273 g/mol. The Morgan fingerprint density at radius 2 is 1.44 bits per heavy atom. The van der Waals surface area contributed by atoms with Crippen LogP contribution >= 0.6 is 0 Å². The molecule has 0 aliphatic heterocycles. The van der Waals surface area contributed by atoms with Crippen molar-refractivity contribution in [1.29, 1.82) is 0 Å². The highest BCUT2D eigenvalue weighted by molar-refractivity contribution is 6.03. The van der Waals surface area contributed by atoms with Crippen molar-refractivity contribution in [2.75, 3.05) is 0 Å². The van der Waals surface area contributed by atoms with E-state index in [9.17, 15) is 0 Å². The summed E-state index contributed by atoms with van der Waals surface area (Å²) in [6.07, 6.45) is 2.18. The number of hydrogen-bond acceptors (Lipinski definition) is 0. The van der Waals surface area contributed by atoms with Crippen molar-refractivity contribution in [3.63, 3.8) is 0 Å². The number of nitrogens with zero attached hydrogens (tertiary/aromatic N) is 1. The Hall–Kier alpha value is -1.41. The smallest absolute Gasteiger partial charge is 0.212 e. The highest BCUT2D eigenvalue weighted by Crippen LogP contribution is 2.21. The van der Waals surface area contributed by atoms with Gasteiger partial charge < -0.3 is 17.0 Å². The van der Waals surface area contributed by atoms with Crippen molar-refractivity contribution in [3.8, 4) is 0 Å². The van der Waals surface area contributed by atoms with E-state index >= 15 is 0 Å². The number of aromatic nitrogens is 1. The second-order valence-electron chi connectivity index (χ2n) is 3.84. The average Bonchev–Trinajstić information content (AvgIpc) is 2.30. The summed E-state index contributed by atoms with van der Waals surface area (Å²) in [5.74, 6) is 0. The minimum Gasteiger partial charge on any atom is -1.00 e. The molecule has 0 saturated carbocycles. The Bertz CT molecular complexity index is 646. The maximum absolute atomic E-state index is 2.18. The van der Waals surface area contributed by atoms with E-state index in [4.69, 9.17) is 0 Å². The zero-order chi connectivity index (χ0) is 10.3. The predicted molar refractivity (Wildman–Crippen MR) is 62.6 cm³/mol. The van der Waals surface area contributed by atoms with Gasteiger partial charge in [-0.2, -0.15) is 0 Å². The van der Waals surface area contributed by atoms with Gasteiger partial charge in [-0.15, -0.1) is 0 Å². The molecule has 0 unspecified atom stereocenters. The number of aryl methyl sites for hydroxylation is 1. The molecule has 80 valence electrons. The van der Waals surface area contributed by atoms with Gasteiger partial charge in [-0.25, -0.2) is 4.57 Å². The number of halogens is 1. The molecule has 0 N–H and O–H groups in total. The fourth-order valence-electron chi connectivity index (χ4n) is 2.14. The number of rotatable bonds is 0. The number of benzene rings is 2. The van der Waals surface area contributed by atoms with Crippen LogP contribution in [0.5, 0.6) is 0 Å². The van der Waals surface area contributed by atoms with E-state index in [2.05, 4.69) is 66.3 Å². The molecule has 0 aliphatic carbocycles. The van der Waals surface area contributed by atoms with E-state index in [0.717, 1.165) is 0 Å².